The predicted molar refractivity (Wildman–Crippen MR) is 141 cm³/mol. The molecular weight excluding hydrogens is 452 g/mol. The average molecular weight is 491 g/mol. The van der Waals surface area contributed by atoms with E-state index in [0.717, 1.165) is 32.3 Å². The van der Waals surface area contributed by atoms with E-state index in [1.807, 2.05) is 6.08 Å². The van der Waals surface area contributed by atoms with Crippen molar-refractivity contribution in [2.24, 2.45) is 17.3 Å². The molecule has 1 saturated heterocycles. The van der Waals surface area contributed by atoms with Crippen LogP contribution in [0.2, 0.25) is 0 Å². The Labute approximate surface area is 211 Å². The summed E-state index contributed by atoms with van der Waals surface area (Å²) >= 11 is 0. The SMILES string of the molecule is CC(C)(C)C(O[SiH](c1ccccc1)c1ccccc1)[C@@H]1[C@H](OC2CCCCO2)CC2=CC(=O)C[C@@H]21. The van der Waals surface area contributed by atoms with Crippen LogP contribution in [0.15, 0.2) is 72.3 Å². The number of carbonyl (C=O) groups excluding carboxylic acids is 1. The monoisotopic (exact) mass is 490 g/mol. The lowest BCUT2D eigenvalue weighted by Gasteiger charge is -2.43. The highest BCUT2D eigenvalue weighted by atomic mass is 28.3. The third-order valence-corrected chi connectivity index (χ3v) is 10.3. The summed E-state index contributed by atoms with van der Waals surface area (Å²) in [5.74, 6) is 0.567. The molecule has 0 spiro atoms. The van der Waals surface area contributed by atoms with Gasteiger partial charge in [0.05, 0.1) is 12.2 Å². The van der Waals surface area contributed by atoms with E-state index in [9.17, 15) is 4.79 Å². The first kappa shape index (κ1) is 24.6. The quantitative estimate of drug-likeness (QED) is 0.540. The zero-order chi connectivity index (χ0) is 24.4. The van der Waals surface area contributed by atoms with Gasteiger partial charge in [-0.3, -0.25) is 4.79 Å². The van der Waals surface area contributed by atoms with Crippen LogP contribution in [0.5, 0.6) is 0 Å². The molecule has 35 heavy (non-hydrogen) atoms. The Morgan fingerprint density at radius 2 is 1.60 bits per heavy atom. The highest BCUT2D eigenvalue weighted by molar-refractivity contribution is 6.80. The lowest BCUT2D eigenvalue weighted by Crippen LogP contribution is -2.54. The van der Waals surface area contributed by atoms with Gasteiger partial charge in [-0.05, 0) is 53.5 Å². The molecule has 3 aliphatic rings. The fourth-order valence-corrected chi connectivity index (χ4v) is 8.85. The molecule has 4 nitrogen and oxygen atoms in total. The lowest BCUT2D eigenvalue weighted by atomic mass is 9.75. The predicted octanol–water partition coefficient (Wildman–Crippen LogP) is 4.40. The first-order valence-corrected chi connectivity index (χ1v) is 14.8. The molecule has 2 aromatic carbocycles. The molecule has 5 atom stereocenters. The van der Waals surface area contributed by atoms with Gasteiger partial charge in [0.15, 0.2) is 12.1 Å². The van der Waals surface area contributed by atoms with Gasteiger partial charge in [-0.15, -0.1) is 0 Å². The van der Waals surface area contributed by atoms with Gasteiger partial charge >= 0.3 is 0 Å². The van der Waals surface area contributed by atoms with Gasteiger partial charge in [0.2, 0.25) is 9.04 Å². The van der Waals surface area contributed by atoms with Crippen molar-refractivity contribution in [1.82, 2.24) is 0 Å². The molecule has 186 valence electrons. The molecule has 2 aliphatic carbocycles. The van der Waals surface area contributed by atoms with Gasteiger partial charge in [-0.25, -0.2) is 0 Å². The number of ketones is 1. The van der Waals surface area contributed by atoms with Crippen LogP contribution in [0.25, 0.3) is 0 Å². The highest BCUT2D eigenvalue weighted by Gasteiger charge is 2.52. The zero-order valence-electron chi connectivity index (χ0n) is 21.2. The van der Waals surface area contributed by atoms with Crippen molar-refractivity contribution < 1.29 is 18.7 Å². The number of carbonyl (C=O) groups is 1. The van der Waals surface area contributed by atoms with Gasteiger partial charge in [0.25, 0.3) is 0 Å². The molecule has 5 heteroatoms. The number of hydrogen-bond donors (Lipinski definition) is 0. The van der Waals surface area contributed by atoms with E-state index in [-0.39, 0.29) is 41.5 Å². The molecule has 0 bridgehead atoms. The highest BCUT2D eigenvalue weighted by Crippen LogP contribution is 2.50. The van der Waals surface area contributed by atoms with E-state index >= 15 is 0 Å². The van der Waals surface area contributed by atoms with Crippen LogP contribution in [0.1, 0.15) is 52.9 Å². The number of ether oxygens (including phenoxy) is 2. The van der Waals surface area contributed by atoms with Crippen molar-refractivity contribution in [3.63, 3.8) is 0 Å². The molecule has 5 rings (SSSR count). The van der Waals surface area contributed by atoms with E-state index in [1.54, 1.807) is 0 Å². The Kier molecular flexibility index (Phi) is 7.40. The van der Waals surface area contributed by atoms with Crippen LogP contribution in [0, 0.1) is 17.3 Å². The summed E-state index contributed by atoms with van der Waals surface area (Å²) in [6, 6.07) is 21.3. The smallest absolute Gasteiger partial charge is 0.240 e. The van der Waals surface area contributed by atoms with E-state index in [1.165, 1.54) is 15.9 Å². The van der Waals surface area contributed by atoms with E-state index in [2.05, 4.69) is 81.4 Å². The molecule has 0 N–H and O–H groups in total. The molecule has 1 heterocycles. The van der Waals surface area contributed by atoms with Gasteiger partial charge in [0, 0.05) is 18.9 Å². The molecular formula is C30H38O4Si. The zero-order valence-corrected chi connectivity index (χ0v) is 22.3. The summed E-state index contributed by atoms with van der Waals surface area (Å²) in [7, 11) is -1.98. The maximum Gasteiger partial charge on any atom is 0.240 e. The van der Waals surface area contributed by atoms with Gasteiger partial charge in [0.1, 0.15) is 0 Å². The summed E-state index contributed by atoms with van der Waals surface area (Å²) in [6.45, 7) is 7.58. The second kappa shape index (κ2) is 10.5. The Morgan fingerprint density at radius 1 is 0.943 bits per heavy atom. The Balaban J connectivity index is 1.50. The fraction of sp³-hybridized carbons (Fsp3) is 0.500. The second-order valence-electron chi connectivity index (χ2n) is 11.4. The Morgan fingerprint density at radius 3 is 2.17 bits per heavy atom. The average Bonchev–Trinajstić information content (AvgIpc) is 3.36. The largest absolute Gasteiger partial charge is 0.407 e. The van der Waals surface area contributed by atoms with Gasteiger partial charge in [-0.2, -0.15) is 0 Å². The van der Waals surface area contributed by atoms with E-state index in [4.69, 9.17) is 13.9 Å². The number of benzene rings is 2. The summed E-state index contributed by atoms with van der Waals surface area (Å²) in [5.41, 5.74) is 1.13. The standard InChI is InChI=1S/C30H38O4Si/c1-30(2,3)29(34-35(23-12-6-4-7-13-23)24-14-8-5-9-15-24)28-25-20-22(31)18-21(25)19-26(28)33-27-16-10-11-17-32-27/h4-9,12-15,18,25-29,35H,10-11,16-17,19-20H2,1-3H3/t25-,26+,27?,28-,29?/m0/s1. The second-order valence-corrected chi connectivity index (χ2v) is 13.7. The minimum absolute atomic E-state index is 0.00729. The first-order valence-electron chi connectivity index (χ1n) is 13.2. The molecule has 2 unspecified atom stereocenters. The minimum Gasteiger partial charge on any atom is -0.407 e. The molecule has 2 aromatic rings. The van der Waals surface area contributed by atoms with Crippen molar-refractivity contribution in [2.45, 2.75) is 71.4 Å². The maximum atomic E-state index is 12.5. The summed E-state index contributed by atoms with van der Waals surface area (Å²) in [5, 5.41) is 2.55. The van der Waals surface area contributed by atoms with Gasteiger partial charge in [-0.1, -0.05) is 87.0 Å². The lowest BCUT2D eigenvalue weighted by molar-refractivity contribution is -0.205. The Bertz CT molecular complexity index is 984. The summed E-state index contributed by atoms with van der Waals surface area (Å²) < 4.78 is 20.0. The van der Waals surface area contributed by atoms with Crippen molar-refractivity contribution >= 4 is 25.2 Å². The van der Waals surface area contributed by atoms with Crippen molar-refractivity contribution in [1.29, 1.82) is 0 Å². The fourth-order valence-electron chi connectivity index (χ4n) is 6.12. The minimum atomic E-state index is -1.98. The third kappa shape index (κ3) is 5.53. The topological polar surface area (TPSA) is 44.8 Å². The molecule has 0 amide bonds. The van der Waals surface area contributed by atoms with Gasteiger partial charge < -0.3 is 13.9 Å². The van der Waals surface area contributed by atoms with Crippen molar-refractivity contribution in [3.05, 3.63) is 72.3 Å². The molecule has 0 radical (unpaired) electrons. The van der Waals surface area contributed by atoms with E-state index in [0.29, 0.717) is 6.42 Å². The summed E-state index contributed by atoms with van der Waals surface area (Å²) in [6.07, 6.45) is 6.26. The van der Waals surface area contributed by atoms with E-state index < -0.39 is 9.04 Å². The molecule has 0 aromatic heterocycles. The van der Waals surface area contributed by atoms with Crippen LogP contribution in [-0.2, 0) is 18.7 Å². The molecule has 2 fully saturated rings. The summed E-state index contributed by atoms with van der Waals surface area (Å²) in [4.78, 5) is 12.5. The molecule has 1 saturated carbocycles. The Hall–Kier alpha value is -2.05. The number of allylic oxidation sites excluding steroid dienone is 1. The van der Waals surface area contributed by atoms with Crippen LogP contribution in [0.4, 0.5) is 0 Å². The van der Waals surface area contributed by atoms with Crippen LogP contribution in [0.3, 0.4) is 0 Å². The van der Waals surface area contributed by atoms with Crippen molar-refractivity contribution in [3.8, 4) is 0 Å². The van der Waals surface area contributed by atoms with Crippen LogP contribution in [-0.4, -0.2) is 39.9 Å². The number of rotatable bonds is 7. The maximum absolute atomic E-state index is 12.5. The third-order valence-electron chi connectivity index (χ3n) is 7.73. The first-order chi connectivity index (χ1) is 16.9. The van der Waals surface area contributed by atoms with Crippen LogP contribution < -0.4 is 10.4 Å². The number of fused-ring (bicyclic) bond motifs is 1. The number of hydrogen-bond acceptors (Lipinski definition) is 4. The molecule has 1 aliphatic heterocycles. The van der Waals surface area contributed by atoms with Crippen LogP contribution >= 0.6 is 0 Å². The normalized spacial score (nSPS) is 27.7. The van der Waals surface area contributed by atoms with Crippen molar-refractivity contribution in [2.75, 3.05) is 6.61 Å².